The number of aromatic nitrogens is 3. The molecule has 2 bridgehead atoms. The van der Waals surface area contributed by atoms with Gasteiger partial charge in [-0.25, -0.2) is 0 Å². The third-order valence-corrected chi connectivity index (χ3v) is 4.40. The molecule has 2 saturated heterocycles. The molecule has 2 aliphatic heterocycles. The Hall–Kier alpha value is -1.46. The molecule has 0 spiro atoms. The van der Waals surface area contributed by atoms with Gasteiger partial charge in [0.1, 0.15) is 5.69 Å². The first kappa shape index (κ1) is 11.4. The summed E-state index contributed by atoms with van der Waals surface area (Å²) in [6, 6.07) is 3.59. The van der Waals surface area contributed by atoms with Crippen molar-refractivity contribution in [3.8, 4) is 11.5 Å². The average Bonchev–Trinajstić information content (AvgIpc) is 3.15. The lowest BCUT2D eigenvalue weighted by Gasteiger charge is -2.19. The Morgan fingerprint density at radius 3 is 2.74 bits per heavy atom. The van der Waals surface area contributed by atoms with E-state index in [9.17, 15) is 0 Å². The van der Waals surface area contributed by atoms with Crippen molar-refractivity contribution in [1.82, 2.24) is 20.0 Å². The van der Waals surface area contributed by atoms with Crippen LogP contribution in [0.5, 0.6) is 0 Å². The van der Waals surface area contributed by atoms with Crippen LogP contribution in [0, 0.1) is 0 Å². The molecule has 2 fully saturated rings. The zero-order valence-electron chi connectivity index (χ0n) is 10.3. The molecule has 0 radical (unpaired) electrons. The zero-order valence-corrected chi connectivity index (χ0v) is 11.1. The van der Waals surface area contributed by atoms with Gasteiger partial charge in [0.25, 0.3) is 0 Å². The summed E-state index contributed by atoms with van der Waals surface area (Å²) in [5.74, 6) is 1.31. The van der Waals surface area contributed by atoms with Crippen LogP contribution < -0.4 is 0 Å². The van der Waals surface area contributed by atoms with Gasteiger partial charge in [-0.15, -0.1) is 0 Å². The third kappa shape index (κ3) is 1.76. The van der Waals surface area contributed by atoms with Crippen LogP contribution in [0.3, 0.4) is 0 Å². The van der Waals surface area contributed by atoms with Crippen LogP contribution in [0.25, 0.3) is 11.5 Å². The molecule has 0 aliphatic carbocycles. The molecular weight excluding hydrogens is 264 g/mol. The molecule has 6 heteroatoms. The van der Waals surface area contributed by atoms with E-state index in [2.05, 4.69) is 20.0 Å². The molecule has 0 atom stereocenters. The Labute approximate surface area is 115 Å². The van der Waals surface area contributed by atoms with E-state index in [0.29, 0.717) is 16.5 Å². The molecular formula is C13H13ClN4O. The Morgan fingerprint density at radius 1 is 1.26 bits per heavy atom. The van der Waals surface area contributed by atoms with Crippen LogP contribution in [-0.2, 0) is 5.41 Å². The highest BCUT2D eigenvalue weighted by atomic mass is 35.5. The SMILES string of the molecule is Clc1ccc(-c2noc(C34CCN(CC3)C4)n2)nc1. The summed E-state index contributed by atoms with van der Waals surface area (Å²) in [5, 5.41) is 4.67. The van der Waals surface area contributed by atoms with Crippen molar-refractivity contribution in [3.05, 3.63) is 29.2 Å². The smallest absolute Gasteiger partial charge is 0.234 e. The lowest BCUT2D eigenvalue weighted by atomic mass is 9.84. The number of nitrogens with zero attached hydrogens (tertiary/aromatic N) is 4. The van der Waals surface area contributed by atoms with Crippen molar-refractivity contribution in [2.75, 3.05) is 19.6 Å². The second-order valence-electron chi connectivity index (χ2n) is 5.34. The normalized spacial score (nSPS) is 29.0. The molecule has 0 N–H and O–H groups in total. The monoisotopic (exact) mass is 276 g/mol. The van der Waals surface area contributed by atoms with Gasteiger partial charge in [0.15, 0.2) is 0 Å². The molecule has 0 unspecified atom stereocenters. The van der Waals surface area contributed by atoms with E-state index in [1.807, 2.05) is 6.07 Å². The van der Waals surface area contributed by atoms with Crippen LogP contribution in [0.2, 0.25) is 5.02 Å². The first-order valence-electron chi connectivity index (χ1n) is 6.44. The number of fused-ring (bicyclic) bond motifs is 2. The maximum Gasteiger partial charge on any atom is 0.234 e. The van der Waals surface area contributed by atoms with Gasteiger partial charge in [0.05, 0.1) is 10.4 Å². The van der Waals surface area contributed by atoms with Crippen molar-refractivity contribution < 1.29 is 4.52 Å². The van der Waals surface area contributed by atoms with Gasteiger partial charge < -0.3 is 9.42 Å². The van der Waals surface area contributed by atoms with Crippen LogP contribution in [0.1, 0.15) is 18.7 Å². The van der Waals surface area contributed by atoms with Crippen molar-refractivity contribution in [2.45, 2.75) is 18.3 Å². The quantitative estimate of drug-likeness (QED) is 0.841. The highest BCUT2D eigenvalue weighted by molar-refractivity contribution is 6.30. The van der Waals surface area contributed by atoms with E-state index in [1.54, 1.807) is 12.3 Å². The summed E-state index contributed by atoms with van der Waals surface area (Å²) < 4.78 is 5.49. The Bertz CT molecular complexity index is 601. The molecule has 0 saturated carbocycles. The van der Waals surface area contributed by atoms with Gasteiger partial charge in [0, 0.05) is 12.7 Å². The Morgan fingerprint density at radius 2 is 2.11 bits per heavy atom. The van der Waals surface area contributed by atoms with E-state index in [-0.39, 0.29) is 5.41 Å². The van der Waals surface area contributed by atoms with Crippen molar-refractivity contribution in [1.29, 1.82) is 0 Å². The maximum atomic E-state index is 5.83. The van der Waals surface area contributed by atoms with E-state index < -0.39 is 0 Å². The summed E-state index contributed by atoms with van der Waals surface area (Å²) >= 11 is 5.83. The fourth-order valence-corrected chi connectivity index (χ4v) is 3.17. The van der Waals surface area contributed by atoms with Crippen LogP contribution in [0.15, 0.2) is 22.9 Å². The zero-order chi connectivity index (χ0) is 12.9. The van der Waals surface area contributed by atoms with Gasteiger partial charge in [0.2, 0.25) is 11.7 Å². The number of hydrogen-bond donors (Lipinski definition) is 0. The minimum absolute atomic E-state index is 0.0810. The summed E-state index contributed by atoms with van der Waals surface area (Å²) in [4.78, 5) is 11.2. The Kier molecular flexibility index (Phi) is 2.40. The molecule has 4 rings (SSSR count). The average molecular weight is 277 g/mol. The minimum Gasteiger partial charge on any atom is -0.338 e. The number of piperidine rings is 1. The van der Waals surface area contributed by atoms with E-state index in [1.165, 1.54) is 0 Å². The fourth-order valence-electron chi connectivity index (χ4n) is 3.06. The molecule has 2 aliphatic rings. The summed E-state index contributed by atoms with van der Waals surface area (Å²) in [6.07, 6.45) is 3.82. The lowest BCUT2D eigenvalue weighted by Crippen LogP contribution is -2.24. The molecule has 0 aromatic carbocycles. The largest absolute Gasteiger partial charge is 0.338 e. The van der Waals surface area contributed by atoms with Crippen molar-refractivity contribution in [2.24, 2.45) is 0 Å². The van der Waals surface area contributed by atoms with Crippen LogP contribution in [-0.4, -0.2) is 39.7 Å². The number of hydrogen-bond acceptors (Lipinski definition) is 5. The topological polar surface area (TPSA) is 55.1 Å². The van der Waals surface area contributed by atoms with Crippen LogP contribution >= 0.6 is 11.6 Å². The molecule has 5 nitrogen and oxygen atoms in total. The number of pyridine rings is 1. The maximum absolute atomic E-state index is 5.83. The van der Waals surface area contributed by atoms with Gasteiger partial charge >= 0.3 is 0 Å². The second-order valence-corrected chi connectivity index (χ2v) is 5.78. The molecule has 0 amide bonds. The first-order chi connectivity index (χ1) is 9.25. The van der Waals surface area contributed by atoms with Crippen molar-refractivity contribution >= 4 is 11.6 Å². The van der Waals surface area contributed by atoms with E-state index in [4.69, 9.17) is 16.1 Å². The molecule has 4 heterocycles. The lowest BCUT2D eigenvalue weighted by molar-refractivity contribution is 0.292. The van der Waals surface area contributed by atoms with Gasteiger partial charge in [-0.2, -0.15) is 4.98 Å². The van der Waals surface area contributed by atoms with Gasteiger partial charge in [-0.3, -0.25) is 4.98 Å². The van der Waals surface area contributed by atoms with Gasteiger partial charge in [-0.1, -0.05) is 16.8 Å². The summed E-state index contributed by atoms with van der Waals surface area (Å²) in [6.45, 7) is 3.32. The predicted octanol–water partition coefficient (Wildman–Crippen LogP) is 2.13. The third-order valence-electron chi connectivity index (χ3n) is 4.18. The van der Waals surface area contributed by atoms with Crippen LogP contribution in [0.4, 0.5) is 0 Å². The number of rotatable bonds is 2. The summed E-state index contributed by atoms with van der Waals surface area (Å²) in [7, 11) is 0. The first-order valence-corrected chi connectivity index (χ1v) is 6.81. The molecule has 2 aromatic rings. The van der Waals surface area contributed by atoms with Gasteiger partial charge in [-0.05, 0) is 38.1 Å². The fraction of sp³-hybridized carbons (Fsp3) is 0.462. The molecule has 2 aromatic heterocycles. The summed E-state index contributed by atoms with van der Waals surface area (Å²) in [5.41, 5.74) is 0.779. The molecule has 98 valence electrons. The predicted molar refractivity (Wildman–Crippen MR) is 69.9 cm³/mol. The number of halogens is 1. The standard InChI is InChI=1S/C13H13ClN4O/c14-9-1-2-10(15-7-9)11-16-12(19-17-11)13-3-5-18(8-13)6-4-13/h1-2,7H,3-6,8H2. The molecule has 19 heavy (non-hydrogen) atoms. The minimum atomic E-state index is 0.0810. The van der Waals surface area contributed by atoms with E-state index in [0.717, 1.165) is 38.4 Å². The van der Waals surface area contributed by atoms with Crippen molar-refractivity contribution in [3.63, 3.8) is 0 Å². The highest BCUT2D eigenvalue weighted by Crippen LogP contribution is 2.42. The Balaban J connectivity index is 1.68. The highest BCUT2D eigenvalue weighted by Gasteiger charge is 2.48. The second kappa shape index (κ2) is 4.02. The van der Waals surface area contributed by atoms with E-state index >= 15 is 0 Å².